The Kier molecular flexibility index (Phi) is 4.30. The second kappa shape index (κ2) is 5.81. The van der Waals surface area contributed by atoms with E-state index in [1.54, 1.807) is 0 Å². The first-order valence-electron chi connectivity index (χ1n) is 6.59. The maximum absolute atomic E-state index is 13.1. The van der Waals surface area contributed by atoms with Crippen molar-refractivity contribution in [3.8, 4) is 0 Å². The maximum atomic E-state index is 13.1. The third-order valence-electron chi connectivity index (χ3n) is 3.68. The number of aromatic nitrogens is 1. The Bertz CT molecular complexity index is 494. The fraction of sp³-hybridized carbons (Fsp3) is 0.571. The summed E-state index contributed by atoms with van der Waals surface area (Å²) in [5, 5.41) is 0. The van der Waals surface area contributed by atoms with Crippen LogP contribution in [0.2, 0.25) is 0 Å². The predicted molar refractivity (Wildman–Crippen MR) is 66.4 cm³/mol. The molecule has 1 heterocycles. The minimum atomic E-state index is -4.45. The highest BCUT2D eigenvalue weighted by Gasteiger charge is 2.36. The third kappa shape index (κ3) is 3.11. The molecule has 20 heavy (non-hydrogen) atoms. The molecule has 0 unspecified atom stereocenters. The lowest BCUT2D eigenvalue weighted by atomic mass is 9.82. The highest BCUT2D eigenvalue weighted by molar-refractivity contribution is 5.87. The van der Waals surface area contributed by atoms with Crippen molar-refractivity contribution in [2.45, 2.75) is 44.2 Å². The van der Waals surface area contributed by atoms with Gasteiger partial charge in [-0.2, -0.15) is 13.2 Å². The molecule has 0 saturated heterocycles. The SMILES string of the molecule is COC(=O)c1cc(C2CCCCC2)c(C(F)(F)F)cn1. The summed E-state index contributed by atoms with van der Waals surface area (Å²) in [6.45, 7) is 0. The van der Waals surface area contributed by atoms with E-state index in [1.807, 2.05) is 0 Å². The average molecular weight is 287 g/mol. The molecule has 0 amide bonds. The van der Waals surface area contributed by atoms with E-state index in [1.165, 1.54) is 13.2 Å². The van der Waals surface area contributed by atoms with Gasteiger partial charge in [-0.1, -0.05) is 19.3 Å². The molecule has 1 aromatic rings. The fourth-order valence-corrected chi connectivity index (χ4v) is 2.68. The van der Waals surface area contributed by atoms with Gasteiger partial charge in [-0.15, -0.1) is 0 Å². The van der Waals surface area contributed by atoms with Crippen molar-refractivity contribution in [3.05, 3.63) is 29.1 Å². The van der Waals surface area contributed by atoms with Gasteiger partial charge >= 0.3 is 12.1 Å². The van der Waals surface area contributed by atoms with Gasteiger partial charge in [-0.3, -0.25) is 0 Å². The molecule has 0 atom stereocenters. The van der Waals surface area contributed by atoms with E-state index in [4.69, 9.17) is 0 Å². The van der Waals surface area contributed by atoms with Crippen LogP contribution in [0.1, 0.15) is 59.6 Å². The van der Waals surface area contributed by atoms with Crippen LogP contribution in [0.4, 0.5) is 13.2 Å². The molecule has 1 aliphatic rings. The molecule has 6 heteroatoms. The molecule has 1 fully saturated rings. The number of halogens is 3. The summed E-state index contributed by atoms with van der Waals surface area (Å²) in [5.41, 5.74) is -0.634. The van der Waals surface area contributed by atoms with E-state index in [0.717, 1.165) is 25.5 Å². The summed E-state index contributed by atoms with van der Waals surface area (Å²) in [4.78, 5) is 15.0. The summed E-state index contributed by atoms with van der Waals surface area (Å²) in [6.07, 6.45) is 0.606. The predicted octanol–water partition coefficient (Wildman–Crippen LogP) is 3.93. The number of carbonyl (C=O) groups excluding carboxylic acids is 1. The Morgan fingerprint density at radius 3 is 2.50 bits per heavy atom. The van der Waals surface area contributed by atoms with Crippen molar-refractivity contribution in [2.75, 3.05) is 7.11 Å². The van der Waals surface area contributed by atoms with Crippen LogP contribution in [0.5, 0.6) is 0 Å². The molecule has 1 aliphatic carbocycles. The van der Waals surface area contributed by atoms with Crippen LogP contribution in [-0.2, 0) is 10.9 Å². The minimum Gasteiger partial charge on any atom is -0.464 e. The first-order valence-corrected chi connectivity index (χ1v) is 6.59. The molecule has 110 valence electrons. The van der Waals surface area contributed by atoms with Crippen LogP contribution in [0.3, 0.4) is 0 Å². The number of hydrogen-bond donors (Lipinski definition) is 0. The van der Waals surface area contributed by atoms with Crippen molar-refractivity contribution in [3.63, 3.8) is 0 Å². The number of methoxy groups -OCH3 is 1. The highest BCUT2D eigenvalue weighted by Crippen LogP contribution is 2.40. The number of carbonyl (C=O) groups is 1. The van der Waals surface area contributed by atoms with Gasteiger partial charge in [0.05, 0.1) is 12.7 Å². The Labute approximate surface area is 115 Å². The number of alkyl halides is 3. The van der Waals surface area contributed by atoms with Gasteiger partial charge in [0.15, 0.2) is 0 Å². The fourth-order valence-electron chi connectivity index (χ4n) is 2.68. The highest BCUT2D eigenvalue weighted by atomic mass is 19.4. The number of hydrogen-bond acceptors (Lipinski definition) is 3. The number of pyridine rings is 1. The monoisotopic (exact) mass is 287 g/mol. The summed E-state index contributed by atoms with van der Waals surface area (Å²) >= 11 is 0. The van der Waals surface area contributed by atoms with Crippen LogP contribution >= 0.6 is 0 Å². The van der Waals surface area contributed by atoms with Crippen molar-refractivity contribution >= 4 is 5.97 Å². The van der Waals surface area contributed by atoms with Crippen LogP contribution in [0.15, 0.2) is 12.3 Å². The number of esters is 1. The first kappa shape index (κ1) is 14.8. The van der Waals surface area contributed by atoms with E-state index >= 15 is 0 Å². The summed E-state index contributed by atoms with van der Waals surface area (Å²) < 4.78 is 43.7. The smallest absolute Gasteiger partial charge is 0.418 e. The lowest BCUT2D eigenvalue weighted by Gasteiger charge is -2.25. The van der Waals surface area contributed by atoms with Gasteiger partial charge < -0.3 is 4.74 Å². The largest absolute Gasteiger partial charge is 0.464 e. The topological polar surface area (TPSA) is 39.2 Å². The Hall–Kier alpha value is -1.59. The van der Waals surface area contributed by atoms with Crippen LogP contribution in [-0.4, -0.2) is 18.1 Å². The summed E-state index contributed by atoms with van der Waals surface area (Å²) in [6, 6.07) is 1.24. The first-order chi connectivity index (χ1) is 9.43. The Balaban J connectivity index is 2.44. The number of rotatable bonds is 2. The molecule has 0 radical (unpaired) electrons. The van der Waals surface area contributed by atoms with Gasteiger partial charge in [-0.25, -0.2) is 9.78 Å². The number of nitrogens with zero attached hydrogens (tertiary/aromatic N) is 1. The second-order valence-corrected chi connectivity index (χ2v) is 4.98. The second-order valence-electron chi connectivity index (χ2n) is 4.98. The zero-order chi connectivity index (χ0) is 14.8. The Morgan fingerprint density at radius 1 is 1.30 bits per heavy atom. The molecule has 0 spiro atoms. The van der Waals surface area contributed by atoms with Crippen molar-refractivity contribution < 1.29 is 22.7 Å². The third-order valence-corrected chi connectivity index (χ3v) is 3.68. The van der Waals surface area contributed by atoms with Gasteiger partial charge in [0.1, 0.15) is 5.69 Å². The van der Waals surface area contributed by atoms with E-state index in [2.05, 4.69) is 9.72 Å². The lowest BCUT2D eigenvalue weighted by molar-refractivity contribution is -0.138. The molecule has 0 aliphatic heterocycles. The van der Waals surface area contributed by atoms with Gasteiger partial charge in [-0.05, 0) is 30.4 Å². The van der Waals surface area contributed by atoms with E-state index in [0.29, 0.717) is 12.8 Å². The molecule has 2 rings (SSSR count). The van der Waals surface area contributed by atoms with Crippen molar-refractivity contribution in [1.82, 2.24) is 4.98 Å². The van der Waals surface area contributed by atoms with Crippen molar-refractivity contribution in [2.24, 2.45) is 0 Å². The normalized spacial score (nSPS) is 17.0. The zero-order valence-electron chi connectivity index (χ0n) is 11.2. The Morgan fingerprint density at radius 2 is 1.95 bits per heavy atom. The molecule has 3 nitrogen and oxygen atoms in total. The molecule has 0 N–H and O–H groups in total. The van der Waals surface area contributed by atoms with E-state index in [9.17, 15) is 18.0 Å². The molecule has 0 aromatic carbocycles. The van der Waals surface area contributed by atoms with Crippen molar-refractivity contribution in [1.29, 1.82) is 0 Å². The van der Waals surface area contributed by atoms with Crippen LogP contribution < -0.4 is 0 Å². The summed E-state index contributed by atoms with van der Waals surface area (Å²) in [7, 11) is 1.18. The van der Waals surface area contributed by atoms with Gasteiger partial charge in [0, 0.05) is 6.20 Å². The van der Waals surface area contributed by atoms with Crippen LogP contribution in [0.25, 0.3) is 0 Å². The minimum absolute atomic E-state index is 0.0685. The molecular weight excluding hydrogens is 271 g/mol. The van der Waals surface area contributed by atoms with E-state index < -0.39 is 17.7 Å². The molecule has 1 aromatic heterocycles. The zero-order valence-corrected chi connectivity index (χ0v) is 11.2. The lowest BCUT2D eigenvalue weighted by Crippen LogP contribution is -2.17. The standard InChI is InChI=1S/C14H16F3NO2/c1-20-13(19)12-7-10(9-5-3-2-4-6-9)11(8-18-12)14(15,16)17/h7-9H,2-6H2,1H3. The van der Waals surface area contributed by atoms with Gasteiger partial charge in [0.2, 0.25) is 0 Å². The van der Waals surface area contributed by atoms with E-state index in [-0.39, 0.29) is 17.2 Å². The average Bonchev–Trinajstić information content (AvgIpc) is 2.45. The molecular formula is C14H16F3NO2. The summed E-state index contributed by atoms with van der Waals surface area (Å²) in [5.74, 6) is -0.873. The molecule has 0 bridgehead atoms. The molecule has 1 saturated carbocycles. The van der Waals surface area contributed by atoms with Gasteiger partial charge in [0.25, 0.3) is 0 Å². The number of ether oxygens (including phenoxy) is 1. The quantitative estimate of drug-likeness (QED) is 0.773. The van der Waals surface area contributed by atoms with Crippen LogP contribution in [0, 0.1) is 0 Å². The maximum Gasteiger partial charge on any atom is 0.418 e.